The fourth-order valence-corrected chi connectivity index (χ4v) is 2.18. The molecule has 0 bridgehead atoms. The molecule has 2 amide bonds. The fraction of sp³-hybridized carbons (Fsp3) is 0.0625. The summed E-state index contributed by atoms with van der Waals surface area (Å²) >= 11 is 0. The van der Waals surface area contributed by atoms with Crippen LogP contribution in [0.4, 0.5) is 5.69 Å². The minimum atomic E-state index is -0.393. The van der Waals surface area contributed by atoms with Gasteiger partial charge in [-0.05, 0) is 24.3 Å². The minimum Gasteiger partial charge on any atom is -0.384 e. The number of carbonyl (C=O) groups is 2. The normalized spacial score (nSPS) is 12.9. The number of aromatic nitrogens is 1. The number of aliphatic hydroxyl groups excluding tert-OH is 1. The molecule has 1 aliphatic heterocycles. The van der Waals surface area contributed by atoms with Crippen molar-refractivity contribution in [2.24, 2.45) is 0 Å². The highest BCUT2D eigenvalue weighted by Gasteiger charge is 2.36. The lowest BCUT2D eigenvalue weighted by Crippen LogP contribution is -2.29. The lowest BCUT2D eigenvalue weighted by atomic mass is 10.2. The van der Waals surface area contributed by atoms with Crippen molar-refractivity contribution in [1.82, 2.24) is 4.98 Å². The van der Waals surface area contributed by atoms with E-state index in [0.29, 0.717) is 22.4 Å². The first-order chi connectivity index (χ1) is 10.2. The molecule has 0 radical (unpaired) electrons. The van der Waals surface area contributed by atoms with Gasteiger partial charge < -0.3 is 5.11 Å². The number of imide groups is 1. The van der Waals surface area contributed by atoms with Gasteiger partial charge in [0, 0.05) is 18.0 Å². The SMILES string of the molecule is O=C1c2ccncc2C(=O)N1c1cccc(C#CCO)c1. The van der Waals surface area contributed by atoms with Crippen LogP contribution in [-0.4, -0.2) is 28.5 Å². The van der Waals surface area contributed by atoms with Gasteiger partial charge in [-0.25, -0.2) is 4.90 Å². The van der Waals surface area contributed by atoms with Crippen molar-refractivity contribution in [1.29, 1.82) is 0 Å². The van der Waals surface area contributed by atoms with Gasteiger partial charge in [0.2, 0.25) is 0 Å². The lowest BCUT2D eigenvalue weighted by molar-refractivity contribution is 0.0926. The third-order valence-electron chi connectivity index (χ3n) is 3.10. The number of anilines is 1. The summed E-state index contributed by atoms with van der Waals surface area (Å²) in [6.45, 7) is -0.247. The molecule has 0 aliphatic carbocycles. The zero-order chi connectivity index (χ0) is 14.8. The minimum absolute atomic E-state index is 0.247. The number of rotatable bonds is 1. The van der Waals surface area contributed by atoms with Crippen LogP contribution >= 0.6 is 0 Å². The number of pyridine rings is 1. The topological polar surface area (TPSA) is 70.5 Å². The summed E-state index contributed by atoms with van der Waals surface area (Å²) in [5.41, 5.74) is 1.72. The highest BCUT2D eigenvalue weighted by molar-refractivity contribution is 6.34. The van der Waals surface area contributed by atoms with E-state index in [-0.39, 0.29) is 12.5 Å². The molecule has 0 saturated heterocycles. The van der Waals surface area contributed by atoms with Crippen LogP contribution in [0.15, 0.2) is 42.7 Å². The highest BCUT2D eigenvalue weighted by Crippen LogP contribution is 2.27. The second-order valence-corrected chi connectivity index (χ2v) is 4.38. The molecule has 5 heteroatoms. The van der Waals surface area contributed by atoms with Crippen LogP contribution in [0, 0.1) is 11.8 Å². The first-order valence-corrected chi connectivity index (χ1v) is 6.25. The number of nitrogens with zero attached hydrogens (tertiary/aromatic N) is 2. The molecule has 3 rings (SSSR count). The molecule has 102 valence electrons. The molecule has 0 unspecified atom stereocenters. The van der Waals surface area contributed by atoms with Crippen molar-refractivity contribution in [3.63, 3.8) is 0 Å². The van der Waals surface area contributed by atoms with Crippen LogP contribution in [0.5, 0.6) is 0 Å². The lowest BCUT2D eigenvalue weighted by Gasteiger charge is -2.13. The Kier molecular flexibility index (Phi) is 3.22. The van der Waals surface area contributed by atoms with Crippen molar-refractivity contribution < 1.29 is 14.7 Å². The molecule has 0 fully saturated rings. The average molecular weight is 278 g/mol. The van der Waals surface area contributed by atoms with Gasteiger partial charge in [0.05, 0.1) is 16.8 Å². The number of fused-ring (bicyclic) bond motifs is 1. The van der Waals surface area contributed by atoms with E-state index in [4.69, 9.17) is 5.11 Å². The molecule has 21 heavy (non-hydrogen) atoms. The van der Waals surface area contributed by atoms with E-state index >= 15 is 0 Å². The zero-order valence-corrected chi connectivity index (χ0v) is 10.9. The molecule has 1 aromatic carbocycles. The van der Waals surface area contributed by atoms with E-state index < -0.39 is 5.91 Å². The van der Waals surface area contributed by atoms with Crippen LogP contribution in [0.2, 0.25) is 0 Å². The maximum atomic E-state index is 12.3. The van der Waals surface area contributed by atoms with E-state index in [1.54, 1.807) is 24.3 Å². The summed E-state index contributed by atoms with van der Waals surface area (Å²) < 4.78 is 0. The molecule has 1 aromatic heterocycles. The number of carbonyl (C=O) groups excluding carboxylic acids is 2. The molecule has 0 saturated carbocycles. The summed E-state index contributed by atoms with van der Waals surface area (Å²) in [6.07, 6.45) is 2.88. The molecule has 2 aromatic rings. The Labute approximate surface area is 120 Å². The predicted octanol–water partition coefficient (Wildman–Crippen LogP) is 1.23. The molecule has 0 spiro atoms. The van der Waals surface area contributed by atoms with Gasteiger partial charge in [-0.3, -0.25) is 14.6 Å². The first-order valence-electron chi connectivity index (χ1n) is 6.25. The van der Waals surface area contributed by atoms with E-state index in [0.717, 1.165) is 4.90 Å². The molecular weight excluding hydrogens is 268 g/mol. The number of amides is 2. The third-order valence-corrected chi connectivity index (χ3v) is 3.10. The van der Waals surface area contributed by atoms with Crippen LogP contribution in [0.1, 0.15) is 26.3 Å². The van der Waals surface area contributed by atoms with Crippen molar-refractivity contribution in [2.75, 3.05) is 11.5 Å². The van der Waals surface area contributed by atoms with Crippen LogP contribution in [0.3, 0.4) is 0 Å². The Morgan fingerprint density at radius 2 is 1.95 bits per heavy atom. The van der Waals surface area contributed by atoms with E-state index in [1.165, 1.54) is 18.5 Å². The van der Waals surface area contributed by atoms with Gasteiger partial charge in [0.25, 0.3) is 11.8 Å². The second-order valence-electron chi connectivity index (χ2n) is 4.38. The third kappa shape index (κ3) is 2.18. The Balaban J connectivity index is 2.03. The predicted molar refractivity (Wildman–Crippen MR) is 75.8 cm³/mol. The number of benzene rings is 1. The van der Waals surface area contributed by atoms with Crippen molar-refractivity contribution in [2.45, 2.75) is 0 Å². The van der Waals surface area contributed by atoms with E-state index in [9.17, 15) is 9.59 Å². The van der Waals surface area contributed by atoms with E-state index in [2.05, 4.69) is 16.8 Å². The first kappa shape index (κ1) is 13.0. The van der Waals surface area contributed by atoms with Crippen LogP contribution < -0.4 is 4.90 Å². The van der Waals surface area contributed by atoms with Crippen molar-refractivity contribution in [3.8, 4) is 11.8 Å². The van der Waals surface area contributed by atoms with Gasteiger partial charge in [0.15, 0.2) is 0 Å². The zero-order valence-electron chi connectivity index (χ0n) is 10.9. The maximum Gasteiger partial charge on any atom is 0.267 e. The Morgan fingerprint density at radius 1 is 1.14 bits per heavy atom. The van der Waals surface area contributed by atoms with Gasteiger partial charge in [-0.1, -0.05) is 17.9 Å². The Morgan fingerprint density at radius 3 is 2.71 bits per heavy atom. The number of hydrogen-bond acceptors (Lipinski definition) is 4. The summed E-state index contributed by atoms with van der Waals surface area (Å²) in [7, 11) is 0. The number of aliphatic hydroxyl groups is 1. The number of hydrogen-bond donors (Lipinski definition) is 1. The molecule has 1 N–H and O–H groups in total. The summed E-state index contributed by atoms with van der Waals surface area (Å²) in [4.78, 5) is 29.6. The van der Waals surface area contributed by atoms with Gasteiger partial charge in [-0.15, -0.1) is 0 Å². The largest absolute Gasteiger partial charge is 0.384 e. The molecule has 5 nitrogen and oxygen atoms in total. The van der Waals surface area contributed by atoms with E-state index in [1.807, 2.05) is 0 Å². The van der Waals surface area contributed by atoms with Gasteiger partial charge >= 0.3 is 0 Å². The molecule has 0 atom stereocenters. The van der Waals surface area contributed by atoms with Crippen molar-refractivity contribution >= 4 is 17.5 Å². The summed E-state index contributed by atoms with van der Waals surface area (Å²) in [5.74, 6) is 4.51. The molecular formula is C16H10N2O3. The second kappa shape index (κ2) is 5.19. The quantitative estimate of drug-likeness (QED) is 0.629. The van der Waals surface area contributed by atoms with Crippen LogP contribution in [0.25, 0.3) is 0 Å². The molecule has 1 aliphatic rings. The Bertz CT molecular complexity index is 767. The summed E-state index contributed by atoms with van der Waals surface area (Å²) in [6, 6.07) is 8.28. The summed E-state index contributed by atoms with van der Waals surface area (Å²) in [5, 5.41) is 8.71. The van der Waals surface area contributed by atoms with Gasteiger partial charge in [-0.2, -0.15) is 0 Å². The maximum absolute atomic E-state index is 12.3. The average Bonchev–Trinajstić information content (AvgIpc) is 2.78. The molecule has 2 heterocycles. The smallest absolute Gasteiger partial charge is 0.267 e. The Hall–Kier alpha value is -2.97. The van der Waals surface area contributed by atoms with Crippen molar-refractivity contribution in [3.05, 3.63) is 59.4 Å². The van der Waals surface area contributed by atoms with Crippen LogP contribution in [-0.2, 0) is 0 Å². The highest BCUT2D eigenvalue weighted by atomic mass is 16.2. The van der Waals surface area contributed by atoms with Gasteiger partial charge in [0.1, 0.15) is 6.61 Å². The monoisotopic (exact) mass is 278 g/mol. The standard InChI is InChI=1S/C16H10N2O3/c19-8-2-4-11-3-1-5-12(9-11)18-15(20)13-6-7-17-10-14(13)16(18)21/h1,3,5-7,9-10,19H,8H2. The fourth-order valence-electron chi connectivity index (χ4n) is 2.18.